The van der Waals surface area contributed by atoms with Gasteiger partial charge >= 0.3 is 0 Å². The number of nitrogens with zero attached hydrogens (tertiary/aromatic N) is 1. The second kappa shape index (κ2) is 2.21. The lowest BCUT2D eigenvalue weighted by Crippen LogP contribution is -2.67. The van der Waals surface area contributed by atoms with Crippen LogP contribution in [0, 0.1) is 0 Å². The molecule has 0 aliphatic carbocycles. The van der Waals surface area contributed by atoms with Gasteiger partial charge in [-0.1, -0.05) is 0 Å². The van der Waals surface area contributed by atoms with Crippen LogP contribution >= 0.6 is 0 Å². The standard InChI is InChI=1S/C7H13NO3S/c1-8-4-7(5-8)6(9)2-3-12(7,10)11/h6,9H,2-5H2,1H3. The van der Waals surface area contributed by atoms with Gasteiger partial charge in [0, 0.05) is 13.1 Å². The molecule has 2 fully saturated rings. The summed E-state index contributed by atoms with van der Waals surface area (Å²) in [5, 5.41) is 9.55. The van der Waals surface area contributed by atoms with E-state index in [-0.39, 0.29) is 5.75 Å². The molecule has 2 saturated heterocycles. The van der Waals surface area contributed by atoms with E-state index in [9.17, 15) is 13.5 Å². The number of rotatable bonds is 0. The fraction of sp³-hybridized carbons (Fsp3) is 1.00. The van der Waals surface area contributed by atoms with Crippen LogP contribution in [0.2, 0.25) is 0 Å². The van der Waals surface area contributed by atoms with Crippen LogP contribution in [0.4, 0.5) is 0 Å². The molecule has 2 rings (SSSR count). The average molecular weight is 191 g/mol. The molecule has 0 saturated carbocycles. The van der Waals surface area contributed by atoms with Crippen LogP contribution in [-0.4, -0.2) is 55.2 Å². The Morgan fingerprint density at radius 3 is 2.42 bits per heavy atom. The predicted octanol–water partition coefficient (Wildman–Crippen LogP) is -1.15. The average Bonchev–Trinajstić information content (AvgIpc) is 2.11. The number of sulfone groups is 1. The number of hydrogen-bond acceptors (Lipinski definition) is 4. The van der Waals surface area contributed by atoms with E-state index in [2.05, 4.69) is 0 Å². The first-order valence-corrected chi connectivity index (χ1v) is 5.72. The highest BCUT2D eigenvalue weighted by atomic mass is 32.2. The minimum atomic E-state index is -3.02. The Bertz CT molecular complexity index is 292. The molecule has 4 nitrogen and oxygen atoms in total. The molecule has 0 aromatic heterocycles. The molecule has 5 heteroatoms. The molecule has 0 aromatic rings. The van der Waals surface area contributed by atoms with Crippen molar-refractivity contribution in [1.82, 2.24) is 4.90 Å². The molecule has 70 valence electrons. The lowest BCUT2D eigenvalue weighted by atomic mass is 9.92. The molecule has 0 radical (unpaired) electrons. The number of aliphatic hydroxyl groups is 1. The van der Waals surface area contributed by atoms with Gasteiger partial charge in [-0.15, -0.1) is 0 Å². The van der Waals surface area contributed by atoms with Crippen molar-refractivity contribution >= 4 is 9.84 Å². The zero-order valence-electron chi connectivity index (χ0n) is 7.02. The van der Waals surface area contributed by atoms with E-state index in [4.69, 9.17) is 0 Å². The summed E-state index contributed by atoms with van der Waals surface area (Å²) >= 11 is 0. The summed E-state index contributed by atoms with van der Waals surface area (Å²) in [5.41, 5.74) is 0. The Morgan fingerprint density at radius 1 is 1.50 bits per heavy atom. The van der Waals surface area contributed by atoms with Gasteiger partial charge in [0.2, 0.25) is 0 Å². The van der Waals surface area contributed by atoms with Gasteiger partial charge in [-0.3, -0.25) is 0 Å². The normalized spacial score (nSPS) is 38.3. The third-order valence-corrected chi connectivity index (χ3v) is 5.50. The smallest absolute Gasteiger partial charge is 0.161 e. The summed E-state index contributed by atoms with van der Waals surface area (Å²) in [6.07, 6.45) is -0.227. The lowest BCUT2D eigenvalue weighted by Gasteiger charge is -2.46. The van der Waals surface area contributed by atoms with E-state index in [1.54, 1.807) is 0 Å². The lowest BCUT2D eigenvalue weighted by molar-refractivity contribution is 0.0386. The third-order valence-electron chi connectivity index (χ3n) is 2.96. The van der Waals surface area contributed by atoms with Gasteiger partial charge in [-0.05, 0) is 13.5 Å². The van der Waals surface area contributed by atoms with E-state index in [0.717, 1.165) is 0 Å². The monoisotopic (exact) mass is 191 g/mol. The highest BCUT2D eigenvalue weighted by Crippen LogP contribution is 2.39. The van der Waals surface area contributed by atoms with Crippen molar-refractivity contribution in [3.63, 3.8) is 0 Å². The molecule has 1 N–H and O–H groups in total. The number of likely N-dealkylation sites (tertiary alicyclic amines) is 1. The van der Waals surface area contributed by atoms with Gasteiger partial charge in [0.1, 0.15) is 4.75 Å². The van der Waals surface area contributed by atoms with E-state index in [1.807, 2.05) is 11.9 Å². The Hall–Kier alpha value is -0.130. The van der Waals surface area contributed by atoms with E-state index in [0.29, 0.717) is 19.5 Å². The maximum atomic E-state index is 11.5. The molecule has 0 aromatic carbocycles. The minimum absolute atomic E-state index is 0.155. The van der Waals surface area contributed by atoms with Crippen LogP contribution in [0.5, 0.6) is 0 Å². The maximum Gasteiger partial charge on any atom is 0.161 e. The molecule has 0 bridgehead atoms. The van der Waals surface area contributed by atoms with Gasteiger partial charge in [0.15, 0.2) is 9.84 Å². The summed E-state index contributed by atoms with van der Waals surface area (Å²) in [6.45, 7) is 0.993. The molecule has 1 spiro atoms. The molecule has 1 unspecified atom stereocenters. The SMILES string of the molecule is CN1CC2(C1)C(O)CCS2(=O)=O. The van der Waals surface area contributed by atoms with Crippen LogP contribution in [-0.2, 0) is 9.84 Å². The number of aliphatic hydroxyl groups excluding tert-OH is 1. The summed E-state index contributed by atoms with van der Waals surface area (Å²) in [7, 11) is -1.16. The van der Waals surface area contributed by atoms with Crippen molar-refractivity contribution in [3.05, 3.63) is 0 Å². The largest absolute Gasteiger partial charge is 0.391 e. The first-order chi connectivity index (χ1) is 5.48. The Morgan fingerprint density at radius 2 is 2.08 bits per heavy atom. The van der Waals surface area contributed by atoms with Crippen molar-refractivity contribution in [2.75, 3.05) is 25.9 Å². The fourth-order valence-electron chi connectivity index (χ4n) is 2.22. The minimum Gasteiger partial charge on any atom is -0.391 e. The molecule has 2 aliphatic rings. The second-order valence-electron chi connectivity index (χ2n) is 3.86. The Kier molecular flexibility index (Phi) is 1.56. The Labute approximate surface area is 72.1 Å². The van der Waals surface area contributed by atoms with Crippen molar-refractivity contribution in [1.29, 1.82) is 0 Å². The van der Waals surface area contributed by atoms with Gasteiger partial charge in [-0.25, -0.2) is 8.42 Å². The van der Waals surface area contributed by atoms with Crippen molar-refractivity contribution in [3.8, 4) is 0 Å². The first-order valence-electron chi connectivity index (χ1n) is 4.07. The summed E-state index contributed by atoms with van der Waals surface area (Å²) in [5.74, 6) is 0.155. The summed E-state index contributed by atoms with van der Waals surface area (Å²) in [4.78, 5) is 1.92. The molecule has 1 atom stereocenters. The molecular formula is C7H13NO3S. The molecular weight excluding hydrogens is 178 g/mol. The Balaban J connectivity index is 2.34. The highest BCUT2D eigenvalue weighted by molar-refractivity contribution is 7.93. The van der Waals surface area contributed by atoms with Crippen LogP contribution in [0.15, 0.2) is 0 Å². The number of hydrogen-bond donors (Lipinski definition) is 1. The maximum absolute atomic E-state index is 11.5. The zero-order valence-corrected chi connectivity index (χ0v) is 7.84. The van der Waals surface area contributed by atoms with Crippen LogP contribution in [0.1, 0.15) is 6.42 Å². The van der Waals surface area contributed by atoms with E-state index < -0.39 is 20.7 Å². The third kappa shape index (κ3) is 0.815. The van der Waals surface area contributed by atoms with E-state index in [1.165, 1.54) is 0 Å². The first kappa shape index (κ1) is 8.47. The van der Waals surface area contributed by atoms with Gasteiger partial charge < -0.3 is 10.0 Å². The topological polar surface area (TPSA) is 57.6 Å². The van der Waals surface area contributed by atoms with Gasteiger partial charge in [0.05, 0.1) is 11.9 Å². The van der Waals surface area contributed by atoms with Gasteiger partial charge in [-0.2, -0.15) is 0 Å². The molecule has 0 amide bonds. The molecule has 2 heterocycles. The van der Waals surface area contributed by atoms with Gasteiger partial charge in [0.25, 0.3) is 0 Å². The summed E-state index contributed by atoms with van der Waals surface area (Å²) < 4.78 is 22.3. The van der Waals surface area contributed by atoms with Crippen molar-refractivity contribution in [2.24, 2.45) is 0 Å². The van der Waals surface area contributed by atoms with Crippen LogP contribution in [0.3, 0.4) is 0 Å². The van der Waals surface area contributed by atoms with Crippen molar-refractivity contribution in [2.45, 2.75) is 17.3 Å². The van der Waals surface area contributed by atoms with Crippen LogP contribution in [0.25, 0.3) is 0 Å². The molecule has 2 aliphatic heterocycles. The van der Waals surface area contributed by atoms with E-state index >= 15 is 0 Å². The summed E-state index contributed by atoms with van der Waals surface area (Å²) in [6, 6.07) is 0. The highest BCUT2D eigenvalue weighted by Gasteiger charge is 2.60. The fourth-order valence-corrected chi connectivity index (χ4v) is 4.52. The zero-order chi connectivity index (χ0) is 8.98. The second-order valence-corrected chi connectivity index (χ2v) is 6.31. The quantitative estimate of drug-likeness (QED) is 0.525. The van der Waals surface area contributed by atoms with Crippen LogP contribution < -0.4 is 0 Å². The van der Waals surface area contributed by atoms with Crippen molar-refractivity contribution < 1.29 is 13.5 Å². The molecule has 12 heavy (non-hydrogen) atoms. The predicted molar refractivity (Wildman–Crippen MR) is 44.6 cm³/mol.